The molecule has 1 aliphatic rings. The van der Waals surface area contributed by atoms with Crippen LogP contribution < -0.4 is 0 Å². The minimum Gasteiger partial charge on any atom is -0.444 e. The Morgan fingerprint density at radius 3 is 2.53 bits per heavy atom. The first-order valence-electron chi connectivity index (χ1n) is 5.05. The van der Waals surface area contributed by atoms with E-state index in [1.54, 1.807) is 4.90 Å². The molecule has 5 heteroatoms. The normalized spacial score (nSPS) is 26.9. The summed E-state index contributed by atoms with van der Waals surface area (Å²) in [6.45, 7) is 6.42. The number of nitrogens with zero attached hydrogens (tertiary/aromatic N) is 1. The Hall–Kier alpha value is -0.290. The first kappa shape index (κ1) is 12.8. The third-order valence-electron chi connectivity index (χ3n) is 2.26. The van der Waals surface area contributed by atoms with Crippen LogP contribution in [0.2, 0.25) is 0 Å². The van der Waals surface area contributed by atoms with Gasteiger partial charge in [0.1, 0.15) is 5.60 Å². The van der Waals surface area contributed by atoms with Gasteiger partial charge >= 0.3 is 6.09 Å². The molecule has 2 atom stereocenters. The summed E-state index contributed by atoms with van der Waals surface area (Å²) < 4.78 is 5.22. The SMILES string of the molecule is CC(C)(C)OC(=O)N1CC(O)C(CBr)C1. The zero-order valence-corrected chi connectivity index (χ0v) is 11.0. The molecular weight excluding hydrogens is 262 g/mol. The fraction of sp³-hybridized carbons (Fsp3) is 0.900. The van der Waals surface area contributed by atoms with E-state index in [0.717, 1.165) is 0 Å². The average molecular weight is 280 g/mol. The molecule has 0 spiro atoms. The van der Waals surface area contributed by atoms with Crippen molar-refractivity contribution >= 4 is 22.0 Å². The van der Waals surface area contributed by atoms with Crippen LogP contribution in [0, 0.1) is 5.92 Å². The summed E-state index contributed by atoms with van der Waals surface area (Å²) in [5, 5.41) is 10.3. The Labute approximate surface area is 98.7 Å². The summed E-state index contributed by atoms with van der Waals surface area (Å²) >= 11 is 3.32. The minimum atomic E-state index is -0.478. The van der Waals surface area contributed by atoms with Gasteiger partial charge in [0.15, 0.2) is 0 Å². The lowest BCUT2D eigenvalue weighted by Crippen LogP contribution is -2.35. The number of halogens is 1. The highest BCUT2D eigenvalue weighted by molar-refractivity contribution is 9.09. The van der Waals surface area contributed by atoms with Crippen molar-refractivity contribution in [2.75, 3.05) is 18.4 Å². The van der Waals surface area contributed by atoms with Crippen molar-refractivity contribution in [1.29, 1.82) is 0 Å². The zero-order chi connectivity index (χ0) is 11.6. The molecular formula is C10H18BrNO3. The van der Waals surface area contributed by atoms with Gasteiger partial charge in [0.05, 0.1) is 12.6 Å². The minimum absolute atomic E-state index is 0.109. The van der Waals surface area contributed by atoms with Crippen molar-refractivity contribution in [3.63, 3.8) is 0 Å². The molecule has 0 aromatic heterocycles. The molecule has 1 rings (SSSR count). The number of carbonyl (C=O) groups is 1. The first-order valence-corrected chi connectivity index (χ1v) is 6.17. The molecule has 0 aliphatic carbocycles. The number of aliphatic hydroxyl groups excluding tert-OH is 1. The standard InChI is InChI=1S/C10H18BrNO3/c1-10(2,3)15-9(14)12-5-7(4-11)8(13)6-12/h7-8,13H,4-6H2,1-3H3. The van der Waals surface area contributed by atoms with Crippen LogP contribution in [-0.2, 0) is 4.74 Å². The van der Waals surface area contributed by atoms with Gasteiger partial charge in [-0.2, -0.15) is 0 Å². The fourth-order valence-electron chi connectivity index (χ4n) is 1.48. The highest BCUT2D eigenvalue weighted by Crippen LogP contribution is 2.21. The Bertz CT molecular complexity index is 239. The summed E-state index contributed by atoms with van der Waals surface area (Å²) in [6, 6.07) is 0. The molecule has 15 heavy (non-hydrogen) atoms. The average Bonchev–Trinajstić information content (AvgIpc) is 2.43. The Balaban J connectivity index is 2.50. The van der Waals surface area contributed by atoms with Crippen molar-refractivity contribution in [2.24, 2.45) is 5.92 Å². The lowest BCUT2D eigenvalue weighted by Gasteiger charge is -2.24. The summed E-state index contributed by atoms with van der Waals surface area (Å²) in [5.41, 5.74) is -0.478. The predicted octanol–water partition coefficient (Wildman–Crippen LogP) is 1.61. The van der Waals surface area contributed by atoms with Crippen molar-refractivity contribution in [2.45, 2.75) is 32.5 Å². The van der Waals surface area contributed by atoms with E-state index in [9.17, 15) is 9.90 Å². The number of hydrogen-bond donors (Lipinski definition) is 1. The van der Waals surface area contributed by atoms with Gasteiger partial charge in [-0.3, -0.25) is 0 Å². The predicted molar refractivity (Wildman–Crippen MR) is 61.1 cm³/mol. The number of hydrogen-bond acceptors (Lipinski definition) is 3. The van der Waals surface area contributed by atoms with Crippen molar-refractivity contribution in [3.8, 4) is 0 Å². The maximum absolute atomic E-state index is 11.6. The maximum Gasteiger partial charge on any atom is 0.410 e. The molecule has 1 amide bonds. The zero-order valence-electron chi connectivity index (χ0n) is 9.36. The molecule has 1 N–H and O–H groups in total. The molecule has 0 radical (unpaired) electrons. The van der Waals surface area contributed by atoms with E-state index in [1.165, 1.54) is 0 Å². The van der Waals surface area contributed by atoms with E-state index >= 15 is 0 Å². The number of carbonyl (C=O) groups excluding carboxylic acids is 1. The highest BCUT2D eigenvalue weighted by Gasteiger charge is 2.35. The van der Waals surface area contributed by atoms with Gasteiger partial charge in [-0.1, -0.05) is 15.9 Å². The van der Waals surface area contributed by atoms with Crippen LogP contribution >= 0.6 is 15.9 Å². The van der Waals surface area contributed by atoms with Gasteiger partial charge in [-0.25, -0.2) is 4.79 Å². The molecule has 4 nitrogen and oxygen atoms in total. The Morgan fingerprint density at radius 1 is 1.53 bits per heavy atom. The van der Waals surface area contributed by atoms with E-state index in [4.69, 9.17) is 4.74 Å². The quantitative estimate of drug-likeness (QED) is 0.742. The number of β-amino-alcohol motifs (C(OH)–C–C–N with tert-alkyl or cyclic N) is 1. The number of alkyl halides is 1. The topological polar surface area (TPSA) is 49.8 Å². The van der Waals surface area contributed by atoms with Crippen LogP contribution in [0.5, 0.6) is 0 Å². The lowest BCUT2D eigenvalue weighted by molar-refractivity contribution is 0.0270. The summed E-state index contributed by atoms with van der Waals surface area (Å²) in [5.74, 6) is 0.109. The molecule has 0 saturated carbocycles. The largest absolute Gasteiger partial charge is 0.444 e. The van der Waals surface area contributed by atoms with Gasteiger partial charge in [-0.05, 0) is 20.8 Å². The van der Waals surface area contributed by atoms with Crippen molar-refractivity contribution < 1.29 is 14.6 Å². The fourth-order valence-corrected chi connectivity index (χ4v) is 2.12. The molecule has 0 aromatic carbocycles. The first-order chi connectivity index (χ1) is 6.83. The van der Waals surface area contributed by atoms with Gasteiger partial charge < -0.3 is 14.7 Å². The van der Waals surface area contributed by atoms with E-state index in [1.807, 2.05) is 20.8 Å². The Morgan fingerprint density at radius 2 is 2.13 bits per heavy atom. The second kappa shape index (κ2) is 4.70. The number of ether oxygens (including phenoxy) is 1. The van der Waals surface area contributed by atoms with Crippen molar-refractivity contribution in [3.05, 3.63) is 0 Å². The highest BCUT2D eigenvalue weighted by atomic mass is 79.9. The van der Waals surface area contributed by atoms with Gasteiger partial charge in [-0.15, -0.1) is 0 Å². The number of amides is 1. The van der Waals surface area contributed by atoms with Crippen LogP contribution in [0.4, 0.5) is 4.79 Å². The van der Waals surface area contributed by atoms with Crippen LogP contribution in [0.1, 0.15) is 20.8 Å². The Kier molecular flexibility index (Phi) is 4.00. The van der Waals surface area contributed by atoms with E-state index in [2.05, 4.69) is 15.9 Å². The number of aliphatic hydroxyl groups is 1. The smallest absolute Gasteiger partial charge is 0.410 e. The van der Waals surface area contributed by atoms with Crippen LogP contribution in [-0.4, -0.2) is 46.2 Å². The molecule has 2 unspecified atom stereocenters. The van der Waals surface area contributed by atoms with Crippen molar-refractivity contribution in [1.82, 2.24) is 4.90 Å². The summed E-state index contributed by atoms with van der Waals surface area (Å²) in [4.78, 5) is 13.2. The van der Waals surface area contributed by atoms with E-state index in [0.29, 0.717) is 18.4 Å². The maximum atomic E-state index is 11.6. The molecule has 1 heterocycles. The van der Waals surface area contributed by atoms with E-state index < -0.39 is 11.7 Å². The van der Waals surface area contributed by atoms with Gasteiger partial charge in [0, 0.05) is 17.8 Å². The van der Waals surface area contributed by atoms with Gasteiger partial charge in [0.25, 0.3) is 0 Å². The molecule has 0 aromatic rings. The second-order valence-corrected chi connectivity index (χ2v) is 5.51. The molecule has 0 bridgehead atoms. The van der Waals surface area contributed by atoms with Crippen LogP contribution in [0.25, 0.3) is 0 Å². The molecule has 1 fully saturated rings. The molecule has 1 aliphatic heterocycles. The lowest BCUT2D eigenvalue weighted by atomic mass is 10.1. The van der Waals surface area contributed by atoms with Gasteiger partial charge in [0.2, 0.25) is 0 Å². The van der Waals surface area contributed by atoms with Crippen LogP contribution in [0.3, 0.4) is 0 Å². The molecule has 1 saturated heterocycles. The molecule has 88 valence electrons. The number of likely N-dealkylation sites (tertiary alicyclic amines) is 1. The summed E-state index contributed by atoms with van der Waals surface area (Å²) in [7, 11) is 0. The summed E-state index contributed by atoms with van der Waals surface area (Å²) in [6.07, 6.45) is -0.790. The third kappa shape index (κ3) is 3.65. The monoisotopic (exact) mass is 279 g/mol. The number of rotatable bonds is 1. The van der Waals surface area contributed by atoms with Crippen LogP contribution in [0.15, 0.2) is 0 Å². The third-order valence-corrected chi connectivity index (χ3v) is 3.09. The van der Waals surface area contributed by atoms with E-state index in [-0.39, 0.29) is 12.0 Å². The second-order valence-electron chi connectivity index (χ2n) is 4.87.